The lowest BCUT2D eigenvalue weighted by molar-refractivity contribution is -0.149. The number of hydrogen-bond donors (Lipinski definition) is 0. The number of hydrogen-bond acceptors (Lipinski definition) is 4. The first-order valence-electron chi connectivity index (χ1n) is 10.3. The molecule has 0 aliphatic carbocycles. The summed E-state index contributed by atoms with van der Waals surface area (Å²) in [7, 11) is 0. The lowest BCUT2D eigenvalue weighted by Crippen LogP contribution is -2.37. The number of carbonyl (C=O) groups excluding carboxylic acids is 1. The summed E-state index contributed by atoms with van der Waals surface area (Å²) in [6, 6.07) is 14.8. The quantitative estimate of drug-likeness (QED) is 0.589. The van der Waals surface area contributed by atoms with Crippen LogP contribution in [0.3, 0.4) is 0 Å². The van der Waals surface area contributed by atoms with Crippen molar-refractivity contribution in [2.75, 3.05) is 26.2 Å². The van der Waals surface area contributed by atoms with Crippen molar-refractivity contribution in [1.29, 1.82) is 0 Å². The SMILES string of the molecule is CCOC(=O)C1CCN(C/C=C2\c3ccccc3CSc3ccc(Cl)cc32)CC1. The highest BCUT2D eigenvalue weighted by Gasteiger charge is 2.26. The summed E-state index contributed by atoms with van der Waals surface area (Å²) < 4.78 is 5.19. The molecule has 0 unspecified atom stereocenters. The van der Waals surface area contributed by atoms with Crippen LogP contribution in [0.15, 0.2) is 53.4 Å². The van der Waals surface area contributed by atoms with Crippen LogP contribution in [0.5, 0.6) is 0 Å². The Balaban J connectivity index is 1.56. The highest BCUT2D eigenvalue weighted by molar-refractivity contribution is 7.98. The van der Waals surface area contributed by atoms with Gasteiger partial charge in [-0.25, -0.2) is 0 Å². The molecule has 0 bridgehead atoms. The minimum absolute atomic E-state index is 0.0382. The summed E-state index contributed by atoms with van der Waals surface area (Å²) in [6.07, 6.45) is 4.08. The molecule has 0 N–H and O–H groups in total. The number of nitrogens with zero attached hydrogens (tertiary/aromatic N) is 1. The Labute approximate surface area is 182 Å². The minimum atomic E-state index is -0.0382. The number of thioether (sulfide) groups is 1. The van der Waals surface area contributed by atoms with Crippen molar-refractivity contribution in [2.45, 2.75) is 30.4 Å². The van der Waals surface area contributed by atoms with Gasteiger partial charge < -0.3 is 4.74 Å². The normalized spacial score (nSPS) is 18.8. The van der Waals surface area contributed by atoms with E-state index in [0.29, 0.717) is 6.61 Å². The number of rotatable bonds is 4. The zero-order valence-electron chi connectivity index (χ0n) is 16.7. The lowest BCUT2D eigenvalue weighted by Gasteiger charge is -2.30. The van der Waals surface area contributed by atoms with Gasteiger partial charge in [0.05, 0.1) is 12.5 Å². The molecule has 2 aliphatic heterocycles. The van der Waals surface area contributed by atoms with Gasteiger partial charge in [0, 0.05) is 22.2 Å². The molecular weight excluding hydrogens is 402 g/mol. The van der Waals surface area contributed by atoms with E-state index < -0.39 is 0 Å². The van der Waals surface area contributed by atoms with Crippen molar-refractivity contribution in [3.05, 3.63) is 70.3 Å². The molecule has 152 valence electrons. The Morgan fingerprint density at radius 3 is 2.79 bits per heavy atom. The van der Waals surface area contributed by atoms with Crippen LogP contribution in [0.4, 0.5) is 0 Å². The number of piperidine rings is 1. The predicted octanol–water partition coefficient (Wildman–Crippen LogP) is 5.65. The first kappa shape index (κ1) is 20.5. The van der Waals surface area contributed by atoms with E-state index in [4.69, 9.17) is 16.3 Å². The molecule has 0 spiro atoms. The summed E-state index contributed by atoms with van der Waals surface area (Å²) in [5.41, 5.74) is 5.13. The van der Waals surface area contributed by atoms with Crippen LogP contribution < -0.4 is 0 Å². The molecule has 0 atom stereocenters. The molecule has 2 aromatic carbocycles. The van der Waals surface area contributed by atoms with Crippen molar-refractivity contribution in [3.8, 4) is 0 Å². The molecule has 2 aromatic rings. The molecule has 2 aliphatic rings. The second kappa shape index (κ2) is 9.38. The van der Waals surface area contributed by atoms with Crippen molar-refractivity contribution in [3.63, 3.8) is 0 Å². The second-order valence-corrected chi connectivity index (χ2v) is 8.98. The number of esters is 1. The molecule has 4 rings (SSSR count). The van der Waals surface area contributed by atoms with Gasteiger partial charge in [0.1, 0.15) is 0 Å². The fourth-order valence-electron chi connectivity index (χ4n) is 4.10. The fraction of sp³-hybridized carbons (Fsp3) is 0.375. The largest absolute Gasteiger partial charge is 0.466 e. The first-order chi connectivity index (χ1) is 14.2. The highest BCUT2D eigenvalue weighted by atomic mass is 35.5. The van der Waals surface area contributed by atoms with E-state index in [1.54, 1.807) is 0 Å². The molecule has 1 fully saturated rings. The molecule has 0 amide bonds. The van der Waals surface area contributed by atoms with Crippen LogP contribution in [0.25, 0.3) is 5.57 Å². The van der Waals surface area contributed by atoms with Gasteiger partial charge in [0.25, 0.3) is 0 Å². The average molecular weight is 428 g/mol. The summed E-state index contributed by atoms with van der Waals surface area (Å²) in [6.45, 7) is 5.05. The zero-order chi connectivity index (χ0) is 20.2. The van der Waals surface area contributed by atoms with Crippen LogP contribution in [-0.2, 0) is 15.3 Å². The molecule has 5 heteroatoms. The maximum atomic E-state index is 12.0. The fourth-order valence-corrected chi connectivity index (χ4v) is 5.32. The maximum Gasteiger partial charge on any atom is 0.309 e. The van der Waals surface area contributed by atoms with Gasteiger partial charge in [-0.15, -0.1) is 11.8 Å². The second-order valence-electron chi connectivity index (χ2n) is 7.53. The van der Waals surface area contributed by atoms with Gasteiger partial charge in [0.2, 0.25) is 0 Å². The van der Waals surface area contributed by atoms with Gasteiger partial charge >= 0.3 is 5.97 Å². The molecule has 0 aromatic heterocycles. The van der Waals surface area contributed by atoms with Gasteiger partial charge in [-0.2, -0.15) is 0 Å². The zero-order valence-corrected chi connectivity index (χ0v) is 18.3. The summed E-state index contributed by atoms with van der Waals surface area (Å²) >= 11 is 8.22. The Hall–Kier alpha value is -1.75. The molecule has 1 saturated heterocycles. The van der Waals surface area contributed by atoms with Crippen LogP contribution in [0.2, 0.25) is 5.02 Å². The third-order valence-corrected chi connectivity index (χ3v) is 7.04. The number of ether oxygens (including phenoxy) is 1. The molecular formula is C24H26ClNO2S. The highest BCUT2D eigenvalue weighted by Crippen LogP contribution is 2.41. The van der Waals surface area contributed by atoms with E-state index in [2.05, 4.69) is 47.4 Å². The number of likely N-dealkylation sites (tertiary alicyclic amines) is 1. The standard InChI is InChI=1S/C24H26ClNO2S/c1-2-28-24(27)17-9-12-26(13-10-17)14-11-21-20-6-4-3-5-18(20)16-29-23-8-7-19(25)15-22(21)23/h3-8,11,15,17H,2,9-10,12-14,16H2,1H3/b21-11+. The minimum Gasteiger partial charge on any atom is -0.466 e. The predicted molar refractivity (Wildman–Crippen MR) is 120 cm³/mol. The van der Waals surface area contributed by atoms with Crippen LogP contribution >= 0.6 is 23.4 Å². The smallest absolute Gasteiger partial charge is 0.309 e. The van der Waals surface area contributed by atoms with Crippen molar-refractivity contribution in [2.24, 2.45) is 5.92 Å². The molecule has 3 nitrogen and oxygen atoms in total. The Bertz CT molecular complexity index is 919. The maximum absolute atomic E-state index is 12.0. The Morgan fingerprint density at radius 1 is 1.21 bits per heavy atom. The Morgan fingerprint density at radius 2 is 2.00 bits per heavy atom. The van der Waals surface area contributed by atoms with E-state index in [1.807, 2.05) is 24.8 Å². The number of fused-ring (bicyclic) bond motifs is 2. The van der Waals surface area contributed by atoms with Crippen molar-refractivity contribution in [1.82, 2.24) is 4.90 Å². The number of carbonyl (C=O) groups is 1. The molecule has 2 heterocycles. The molecule has 0 saturated carbocycles. The lowest BCUT2D eigenvalue weighted by atomic mass is 9.93. The van der Waals surface area contributed by atoms with E-state index >= 15 is 0 Å². The Kier molecular flexibility index (Phi) is 6.63. The summed E-state index contributed by atoms with van der Waals surface area (Å²) in [5, 5.41) is 0.768. The van der Waals surface area contributed by atoms with Crippen LogP contribution in [-0.4, -0.2) is 37.1 Å². The first-order valence-corrected chi connectivity index (χ1v) is 11.6. The van der Waals surface area contributed by atoms with Gasteiger partial charge in [0.15, 0.2) is 0 Å². The third-order valence-electron chi connectivity index (χ3n) is 5.68. The molecule has 29 heavy (non-hydrogen) atoms. The van der Waals surface area contributed by atoms with Gasteiger partial charge in [-0.05, 0) is 73.3 Å². The van der Waals surface area contributed by atoms with E-state index in [9.17, 15) is 4.79 Å². The summed E-state index contributed by atoms with van der Waals surface area (Å²) in [5.74, 6) is 0.977. The van der Waals surface area contributed by atoms with Gasteiger partial charge in [-0.3, -0.25) is 9.69 Å². The van der Waals surface area contributed by atoms with Crippen LogP contribution in [0, 0.1) is 5.92 Å². The van der Waals surface area contributed by atoms with Crippen molar-refractivity contribution >= 4 is 34.9 Å². The third kappa shape index (κ3) is 4.71. The summed E-state index contributed by atoms with van der Waals surface area (Å²) in [4.78, 5) is 15.7. The molecule has 0 radical (unpaired) electrons. The van der Waals surface area contributed by atoms with E-state index in [0.717, 1.165) is 43.3 Å². The monoisotopic (exact) mass is 427 g/mol. The topological polar surface area (TPSA) is 29.5 Å². The van der Waals surface area contributed by atoms with Crippen molar-refractivity contribution < 1.29 is 9.53 Å². The van der Waals surface area contributed by atoms with Crippen LogP contribution in [0.1, 0.15) is 36.5 Å². The van der Waals surface area contributed by atoms with E-state index in [1.165, 1.54) is 27.2 Å². The van der Waals surface area contributed by atoms with E-state index in [-0.39, 0.29) is 11.9 Å². The number of benzene rings is 2. The van der Waals surface area contributed by atoms with Gasteiger partial charge in [-0.1, -0.05) is 41.9 Å². The average Bonchev–Trinajstić information content (AvgIpc) is 2.89. The number of halogens is 1.